The van der Waals surface area contributed by atoms with Crippen molar-refractivity contribution in [1.82, 2.24) is 9.71 Å². The van der Waals surface area contributed by atoms with Crippen LogP contribution in [0.2, 0.25) is 0 Å². The van der Waals surface area contributed by atoms with Crippen LogP contribution in [0, 0.1) is 0 Å². The molecule has 0 aliphatic rings. The molecular formula is C13H17F3N4O3S. The molecule has 24 heavy (non-hydrogen) atoms. The number of aromatic nitrogens is 1. The second kappa shape index (κ2) is 7.16. The quantitative estimate of drug-likeness (QED) is 0.700. The fourth-order valence-electron chi connectivity index (χ4n) is 1.52. The summed E-state index contributed by atoms with van der Waals surface area (Å²) in [5, 5.41) is 1.91. The Bertz CT molecular complexity index is 632. The van der Waals surface area contributed by atoms with Crippen molar-refractivity contribution < 1.29 is 27.5 Å². The lowest BCUT2D eigenvalue weighted by Crippen LogP contribution is -2.34. The number of thiol groups is 1. The number of rotatable bonds is 2. The molecule has 0 bridgehead atoms. The Morgan fingerprint density at radius 1 is 1.29 bits per heavy atom. The van der Waals surface area contributed by atoms with E-state index in [9.17, 15) is 22.8 Å². The highest BCUT2D eigenvalue weighted by atomic mass is 32.1. The smallest absolute Gasteiger partial charge is 0.420 e. The van der Waals surface area contributed by atoms with Gasteiger partial charge in [0.15, 0.2) is 0 Å². The van der Waals surface area contributed by atoms with Crippen LogP contribution in [-0.4, -0.2) is 29.8 Å². The summed E-state index contributed by atoms with van der Waals surface area (Å²) < 4.78 is 46.4. The van der Waals surface area contributed by atoms with Crippen molar-refractivity contribution in [3.63, 3.8) is 0 Å². The lowest BCUT2D eigenvalue weighted by Gasteiger charge is -2.25. The van der Waals surface area contributed by atoms with Crippen LogP contribution < -0.4 is 14.9 Å². The van der Waals surface area contributed by atoms with E-state index in [1.165, 1.54) is 7.05 Å². The van der Waals surface area contributed by atoms with Gasteiger partial charge in [0.05, 0.1) is 11.9 Å². The van der Waals surface area contributed by atoms with Gasteiger partial charge in [-0.25, -0.2) is 14.6 Å². The topological polar surface area (TPSA) is 83.6 Å². The molecule has 0 atom stereocenters. The first-order valence-electron chi connectivity index (χ1n) is 6.60. The molecule has 0 aliphatic heterocycles. The van der Waals surface area contributed by atoms with Crippen LogP contribution in [0.5, 0.6) is 0 Å². The van der Waals surface area contributed by atoms with Gasteiger partial charge in [-0.15, -0.1) is 0 Å². The molecule has 2 N–H and O–H groups in total. The van der Waals surface area contributed by atoms with Crippen LogP contribution >= 0.6 is 12.8 Å². The molecule has 0 saturated heterocycles. The molecule has 7 nitrogen and oxygen atoms in total. The molecule has 0 fully saturated rings. The van der Waals surface area contributed by atoms with Gasteiger partial charge in [0.1, 0.15) is 17.0 Å². The molecule has 1 heterocycles. The van der Waals surface area contributed by atoms with Crippen molar-refractivity contribution in [2.75, 3.05) is 17.3 Å². The largest absolute Gasteiger partial charge is 0.443 e. The minimum atomic E-state index is -4.79. The number of carbonyl (C=O) groups is 2. The van der Waals surface area contributed by atoms with E-state index in [-0.39, 0.29) is 5.69 Å². The Kier molecular flexibility index (Phi) is 5.93. The normalized spacial score (nSPS) is 11.7. The molecule has 134 valence electrons. The predicted molar refractivity (Wildman–Crippen MR) is 85.0 cm³/mol. The summed E-state index contributed by atoms with van der Waals surface area (Å²) in [6.45, 7) is 4.88. The van der Waals surface area contributed by atoms with Gasteiger partial charge in [-0.05, 0) is 26.8 Å². The number of urea groups is 1. The molecule has 1 rings (SSSR count). The second-order valence-electron chi connectivity index (χ2n) is 5.69. The number of alkyl halides is 3. The molecule has 0 radical (unpaired) electrons. The van der Waals surface area contributed by atoms with Crippen molar-refractivity contribution in [1.29, 1.82) is 0 Å². The van der Waals surface area contributed by atoms with E-state index in [2.05, 4.69) is 17.8 Å². The molecule has 0 unspecified atom stereocenters. The van der Waals surface area contributed by atoms with E-state index in [0.29, 0.717) is 6.07 Å². The zero-order chi connectivity index (χ0) is 18.7. The maximum Gasteiger partial charge on any atom is 0.420 e. The average Bonchev–Trinajstić information content (AvgIpc) is 2.43. The molecule has 0 aromatic carbocycles. The van der Waals surface area contributed by atoms with Crippen LogP contribution in [0.4, 0.5) is 34.3 Å². The molecule has 1 aromatic heterocycles. The summed E-state index contributed by atoms with van der Waals surface area (Å²) in [6, 6.07) is -0.296. The van der Waals surface area contributed by atoms with E-state index in [1.54, 1.807) is 20.8 Å². The number of hydrogen-bond donors (Lipinski definition) is 3. The fourth-order valence-corrected chi connectivity index (χ4v) is 1.58. The van der Waals surface area contributed by atoms with Gasteiger partial charge < -0.3 is 4.74 Å². The number of anilines is 2. The number of ether oxygens (including phenoxy) is 1. The summed E-state index contributed by atoms with van der Waals surface area (Å²) in [6.07, 6.45) is -4.63. The Balaban J connectivity index is 3.19. The monoisotopic (exact) mass is 366 g/mol. The van der Waals surface area contributed by atoms with Crippen molar-refractivity contribution in [3.8, 4) is 0 Å². The number of carbonyl (C=O) groups excluding carboxylic acids is 2. The summed E-state index contributed by atoms with van der Waals surface area (Å²) in [4.78, 5) is 27.5. The number of nitrogens with zero attached hydrogens (tertiary/aromatic N) is 2. The highest BCUT2D eigenvalue weighted by Gasteiger charge is 2.36. The van der Waals surface area contributed by atoms with Crippen LogP contribution in [0.25, 0.3) is 0 Å². The van der Waals surface area contributed by atoms with Crippen LogP contribution in [0.1, 0.15) is 26.3 Å². The fraction of sp³-hybridized carbons (Fsp3) is 0.462. The van der Waals surface area contributed by atoms with E-state index in [0.717, 1.165) is 11.1 Å². The molecule has 0 aliphatic carbocycles. The third-order valence-electron chi connectivity index (χ3n) is 2.57. The first-order chi connectivity index (χ1) is 10.8. The molecule has 0 spiro atoms. The number of hydrogen-bond acceptors (Lipinski definition) is 5. The van der Waals surface area contributed by atoms with E-state index in [4.69, 9.17) is 4.74 Å². The molecule has 3 amide bonds. The van der Waals surface area contributed by atoms with Gasteiger partial charge in [0.25, 0.3) is 0 Å². The standard InChI is InChI=1S/C13H17F3N4O3S/c1-12(2,3)23-11(22)20(4)7-5-8(13(14,15)16)9(17-6-7)18-10(21)19-24/h5-6,24H,1-4H3,(H2,17,18,19,21). The summed E-state index contributed by atoms with van der Waals surface area (Å²) >= 11 is 3.43. The molecule has 11 heteroatoms. The number of nitrogens with one attached hydrogen (secondary N) is 2. The highest BCUT2D eigenvalue weighted by Crippen LogP contribution is 2.36. The van der Waals surface area contributed by atoms with Crippen molar-refractivity contribution in [2.45, 2.75) is 32.5 Å². The van der Waals surface area contributed by atoms with Gasteiger partial charge in [-0.2, -0.15) is 13.2 Å². The Morgan fingerprint density at radius 2 is 1.88 bits per heavy atom. The molecule has 1 aromatic rings. The van der Waals surface area contributed by atoms with Crippen LogP contribution in [-0.2, 0) is 10.9 Å². The number of pyridine rings is 1. The van der Waals surface area contributed by atoms with Crippen molar-refractivity contribution >= 4 is 36.4 Å². The minimum absolute atomic E-state index is 0.145. The van der Waals surface area contributed by atoms with Gasteiger partial charge in [0, 0.05) is 7.05 Å². The zero-order valence-electron chi connectivity index (χ0n) is 13.4. The minimum Gasteiger partial charge on any atom is -0.443 e. The van der Waals surface area contributed by atoms with Crippen LogP contribution in [0.3, 0.4) is 0 Å². The van der Waals surface area contributed by atoms with Gasteiger partial charge >= 0.3 is 18.3 Å². The SMILES string of the molecule is CN(C(=O)OC(C)(C)C)c1cnc(NC(=O)NS)c(C(F)(F)F)c1. The average molecular weight is 366 g/mol. The second-order valence-corrected chi connectivity index (χ2v) is 5.92. The summed E-state index contributed by atoms with van der Waals surface area (Å²) in [5.41, 5.74) is -2.17. The molecular weight excluding hydrogens is 349 g/mol. The van der Waals surface area contributed by atoms with Gasteiger partial charge in [-0.3, -0.25) is 14.9 Å². The first-order valence-corrected chi connectivity index (χ1v) is 7.05. The summed E-state index contributed by atoms with van der Waals surface area (Å²) in [5.74, 6) is -0.713. The van der Waals surface area contributed by atoms with Crippen molar-refractivity contribution in [2.24, 2.45) is 0 Å². The van der Waals surface area contributed by atoms with E-state index < -0.39 is 35.3 Å². The first kappa shape index (κ1) is 19.9. The Hall–Kier alpha value is -2.17. The van der Waals surface area contributed by atoms with Gasteiger partial charge in [-0.1, -0.05) is 12.8 Å². The Labute approximate surface area is 142 Å². The summed E-state index contributed by atoms with van der Waals surface area (Å²) in [7, 11) is 1.25. The zero-order valence-corrected chi connectivity index (χ0v) is 14.2. The van der Waals surface area contributed by atoms with E-state index in [1.807, 2.05) is 10.0 Å². The maximum atomic E-state index is 13.2. The van der Waals surface area contributed by atoms with E-state index >= 15 is 0 Å². The van der Waals surface area contributed by atoms with Crippen LogP contribution in [0.15, 0.2) is 12.3 Å². The third kappa shape index (κ3) is 5.48. The lowest BCUT2D eigenvalue weighted by atomic mass is 10.2. The Morgan fingerprint density at radius 3 is 2.33 bits per heavy atom. The third-order valence-corrected chi connectivity index (χ3v) is 2.77. The van der Waals surface area contributed by atoms with Crippen molar-refractivity contribution in [3.05, 3.63) is 17.8 Å². The van der Waals surface area contributed by atoms with Gasteiger partial charge in [0.2, 0.25) is 0 Å². The predicted octanol–water partition coefficient (Wildman–Crippen LogP) is 3.44. The molecule has 0 saturated carbocycles. The highest BCUT2D eigenvalue weighted by molar-refractivity contribution is 7.78. The number of halogens is 3. The number of amides is 3. The lowest BCUT2D eigenvalue weighted by molar-refractivity contribution is -0.137. The maximum absolute atomic E-state index is 13.2.